The molecule has 1 atom stereocenters. The van der Waals surface area contributed by atoms with Crippen LogP contribution in [0.5, 0.6) is 5.75 Å². The van der Waals surface area contributed by atoms with Crippen LogP contribution in [0.2, 0.25) is 5.02 Å². The number of esters is 1. The third-order valence-corrected chi connectivity index (χ3v) is 9.33. The van der Waals surface area contributed by atoms with Gasteiger partial charge in [-0.25, -0.2) is 4.79 Å². The van der Waals surface area contributed by atoms with Crippen molar-refractivity contribution >= 4 is 35.2 Å². The van der Waals surface area contributed by atoms with Crippen molar-refractivity contribution in [1.29, 1.82) is 0 Å². The Morgan fingerprint density at radius 3 is 1.73 bits per heavy atom. The molecule has 0 aromatic heterocycles. The molecule has 0 bridgehead atoms. The third kappa shape index (κ3) is 22.4. The number of allylic oxidation sites excluding steroid dienone is 12. The van der Waals surface area contributed by atoms with E-state index in [0.29, 0.717) is 47.7 Å². The summed E-state index contributed by atoms with van der Waals surface area (Å²) in [6.45, 7) is 4.85. The summed E-state index contributed by atoms with van der Waals surface area (Å²) in [5, 5.41) is 24.9. The fourth-order valence-electron chi connectivity index (χ4n) is 5.50. The van der Waals surface area contributed by atoms with Crippen LogP contribution in [-0.2, 0) is 19.1 Å². The molecule has 0 heterocycles. The maximum atomic E-state index is 13.0. The molecule has 2 rings (SSSR count). The van der Waals surface area contributed by atoms with Crippen LogP contribution in [0.4, 0.5) is 0 Å². The van der Waals surface area contributed by atoms with Crippen molar-refractivity contribution in [2.24, 2.45) is 5.92 Å². The number of ether oxygens (including phenoxy) is 2. The zero-order chi connectivity index (χ0) is 43.9. The highest BCUT2D eigenvalue weighted by Crippen LogP contribution is 2.21. The monoisotopic (exact) mass is 844 g/mol. The summed E-state index contributed by atoms with van der Waals surface area (Å²) in [4.78, 5) is 51.6. The first kappa shape index (κ1) is 51.1. The Balaban J connectivity index is 1.75. The van der Waals surface area contributed by atoms with E-state index in [1.165, 1.54) is 0 Å². The second-order valence-electron chi connectivity index (χ2n) is 14.7. The highest BCUT2D eigenvalue weighted by atomic mass is 35.5. The lowest BCUT2D eigenvalue weighted by Gasteiger charge is -2.25. The number of aliphatic hydroxyl groups is 2. The minimum atomic E-state index is -1.22. The van der Waals surface area contributed by atoms with Crippen LogP contribution in [0.3, 0.4) is 0 Å². The highest BCUT2D eigenvalue weighted by molar-refractivity contribution is 6.30. The number of halogens is 1. The van der Waals surface area contributed by atoms with Crippen LogP contribution in [0.25, 0.3) is 0 Å². The zero-order valence-corrected chi connectivity index (χ0v) is 36.3. The van der Waals surface area contributed by atoms with Crippen molar-refractivity contribution in [3.8, 4) is 5.75 Å². The van der Waals surface area contributed by atoms with E-state index in [4.69, 9.17) is 21.1 Å². The predicted octanol–water partition coefficient (Wildman–Crippen LogP) is 9.12. The Morgan fingerprint density at radius 2 is 1.22 bits per heavy atom. The molecular formula is C49H65ClN2O8. The van der Waals surface area contributed by atoms with Gasteiger partial charge in [-0.2, -0.15) is 0 Å². The van der Waals surface area contributed by atoms with Gasteiger partial charge in [0.2, 0.25) is 5.91 Å². The van der Waals surface area contributed by atoms with Crippen molar-refractivity contribution in [3.05, 3.63) is 138 Å². The first-order valence-electron chi connectivity index (χ1n) is 21.0. The predicted molar refractivity (Wildman–Crippen MR) is 241 cm³/mol. The topological polar surface area (TPSA) is 151 Å². The van der Waals surface area contributed by atoms with E-state index in [0.717, 1.165) is 38.5 Å². The van der Waals surface area contributed by atoms with E-state index >= 15 is 0 Å². The Hall–Kier alpha value is -5.03. The quantitative estimate of drug-likeness (QED) is 0.0263. The first-order valence-corrected chi connectivity index (χ1v) is 21.3. The lowest BCUT2D eigenvalue weighted by atomic mass is 10.0. The van der Waals surface area contributed by atoms with Crippen molar-refractivity contribution in [2.45, 2.75) is 103 Å². The fourth-order valence-corrected chi connectivity index (χ4v) is 5.63. The lowest BCUT2D eigenvalue weighted by Crippen LogP contribution is -2.47. The maximum Gasteiger partial charge on any atom is 0.328 e. The molecule has 0 saturated carbocycles. The van der Waals surface area contributed by atoms with Crippen LogP contribution in [0.1, 0.15) is 107 Å². The smallest absolute Gasteiger partial charge is 0.328 e. The van der Waals surface area contributed by atoms with Gasteiger partial charge in [-0.15, -0.1) is 0 Å². The number of benzene rings is 2. The molecule has 0 aliphatic heterocycles. The third-order valence-electron chi connectivity index (χ3n) is 9.08. The van der Waals surface area contributed by atoms with E-state index in [2.05, 4.69) is 78.3 Å². The van der Waals surface area contributed by atoms with E-state index in [1.54, 1.807) is 62.4 Å². The summed E-state index contributed by atoms with van der Waals surface area (Å²) in [7, 11) is 0. The number of hydrogen-bond donors (Lipinski definition) is 4. The lowest BCUT2D eigenvalue weighted by molar-refractivity contribution is -0.150. The van der Waals surface area contributed by atoms with Gasteiger partial charge < -0.3 is 30.3 Å². The molecule has 2 aromatic rings. The zero-order valence-electron chi connectivity index (χ0n) is 35.5. The number of hydrogen-bond acceptors (Lipinski definition) is 8. The number of nitrogens with one attached hydrogen (secondary N) is 2. The molecule has 2 amide bonds. The summed E-state index contributed by atoms with van der Waals surface area (Å²) in [5.74, 6) is -1.65. The summed E-state index contributed by atoms with van der Waals surface area (Å²) < 4.78 is 11.3. The minimum absolute atomic E-state index is 0.161. The standard InChI is InChI=1S/C49H65ClN2O8/c1-4-5-6-7-8-9-10-11-12-13-14-15-16-17-18-19-20-21-22-26-45(55)52-44(47(57)59-38-39(36-53)37-54)25-23-24-35-51-48(58)49(2,3)60-43-33-29-41(30-34-43)46(56)40-27-31-42(50)32-28-40/h5-6,8-9,11-12,14-15,17-18,20-21,27-34,39,44,53-54H,4,7,10,13,16,19,22-26,35-38H2,1-3H3,(H,51,58)(H,52,55)/b6-5-,9-8-,12-11-,15-14-,18-17-,21-20-. The maximum absolute atomic E-state index is 13.0. The SMILES string of the molecule is CC/C=C\C/C=C\C/C=C\C/C=C\C/C=C\C/C=C\CCC(=O)NC(CCCCNC(=O)C(C)(C)Oc1ccc(C(=O)c2ccc(Cl)cc2)cc1)C(=O)OCC(CO)CO. The van der Waals surface area contributed by atoms with Crippen LogP contribution in [-0.4, -0.2) is 71.8 Å². The molecule has 2 aromatic carbocycles. The van der Waals surface area contributed by atoms with Crippen molar-refractivity contribution in [3.63, 3.8) is 0 Å². The molecule has 11 heteroatoms. The normalized spacial score (nSPS) is 12.8. The second kappa shape index (κ2) is 30.9. The summed E-state index contributed by atoms with van der Waals surface area (Å²) >= 11 is 5.93. The van der Waals surface area contributed by atoms with Crippen molar-refractivity contribution < 1.29 is 38.9 Å². The minimum Gasteiger partial charge on any atom is -0.478 e. The molecule has 10 nitrogen and oxygen atoms in total. The van der Waals surface area contributed by atoms with E-state index in [-0.39, 0.29) is 50.3 Å². The average molecular weight is 846 g/mol. The van der Waals surface area contributed by atoms with E-state index in [9.17, 15) is 29.4 Å². The second-order valence-corrected chi connectivity index (χ2v) is 15.1. The van der Waals surface area contributed by atoms with Gasteiger partial charge in [-0.1, -0.05) is 91.4 Å². The number of carbonyl (C=O) groups is 4. The number of carbonyl (C=O) groups excluding carboxylic acids is 4. The van der Waals surface area contributed by atoms with Crippen LogP contribution in [0, 0.1) is 5.92 Å². The van der Waals surface area contributed by atoms with Gasteiger partial charge in [0, 0.05) is 35.0 Å². The van der Waals surface area contributed by atoms with Crippen molar-refractivity contribution in [2.75, 3.05) is 26.4 Å². The average Bonchev–Trinajstić information content (AvgIpc) is 3.24. The Morgan fingerprint density at radius 1 is 0.717 bits per heavy atom. The van der Waals surface area contributed by atoms with Gasteiger partial charge in [0.1, 0.15) is 11.8 Å². The number of unbranched alkanes of at least 4 members (excludes halogenated alkanes) is 1. The van der Waals surface area contributed by atoms with Crippen LogP contribution in [0.15, 0.2) is 121 Å². The first-order chi connectivity index (χ1) is 29.0. The van der Waals surface area contributed by atoms with Crippen molar-refractivity contribution in [1.82, 2.24) is 10.6 Å². The van der Waals surface area contributed by atoms with Gasteiger partial charge in [0.05, 0.1) is 19.8 Å². The molecule has 0 aliphatic rings. The Bertz CT molecular complexity index is 1740. The molecule has 4 N–H and O–H groups in total. The van der Waals surface area contributed by atoms with E-state index in [1.807, 2.05) is 12.2 Å². The molecule has 1 unspecified atom stereocenters. The van der Waals surface area contributed by atoms with Crippen LogP contribution >= 0.6 is 11.6 Å². The number of ketones is 1. The van der Waals surface area contributed by atoms with Gasteiger partial charge in [-0.05, 0) is 127 Å². The van der Waals surface area contributed by atoms with Gasteiger partial charge >= 0.3 is 5.97 Å². The number of aliphatic hydroxyl groups excluding tert-OH is 2. The summed E-state index contributed by atoms with van der Waals surface area (Å²) in [6.07, 6.45) is 33.0. The Labute approximate surface area is 362 Å². The molecule has 0 saturated heterocycles. The highest BCUT2D eigenvalue weighted by Gasteiger charge is 2.30. The molecular weight excluding hydrogens is 780 g/mol. The molecule has 0 spiro atoms. The number of rotatable bonds is 30. The number of amides is 2. The van der Waals surface area contributed by atoms with Crippen LogP contribution < -0.4 is 15.4 Å². The van der Waals surface area contributed by atoms with Gasteiger partial charge in [0.15, 0.2) is 11.4 Å². The molecule has 0 fully saturated rings. The largest absolute Gasteiger partial charge is 0.478 e. The van der Waals surface area contributed by atoms with Gasteiger partial charge in [-0.3, -0.25) is 14.4 Å². The Kier molecular flexibility index (Phi) is 26.3. The van der Waals surface area contributed by atoms with E-state index < -0.39 is 23.5 Å². The summed E-state index contributed by atoms with van der Waals surface area (Å²) in [6, 6.07) is 12.3. The summed E-state index contributed by atoms with van der Waals surface area (Å²) in [5.41, 5.74) is -0.245. The fraction of sp³-hybridized carbons (Fsp3) is 0.429. The molecule has 326 valence electrons. The van der Waals surface area contributed by atoms with Gasteiger partial charge in [0.25, 0.3) is 5.91 Å². The molecule has 60 heavy (non-hydrogen) atoms. The molecule has 0 radical (unpaired) electrons. The molecule has 0 aliphatic carbocycles.